The zero-order chi connectivity index (χ0) is 36.5. The van der Waals surface area contributed by atoms with E-state index in [-0.39, 0.29) is 35.9 Å². The number of rotatable bonds is 16. The highest BCUT2D eigenvalue weighted by Crippen LogP contribution is 2.29. The van der Waals surface area contributed by atoms with Crippen molar-refractivity contribution in [1.29, 1.82) is 5.41 Å². The standard InChI is InChI=1S/C33H40Cl2N10O5/c1-17-23(15-39-27(17)31(47)38-10-7-26(36)37)43-33(49)29-19(3)24(16-41-29)44-32(48)28-18(2)22(14-40-28)42-30(46)21-6-5-20(13-25(21)50-4)45(11-8-34)12-9-35/h5-6,13-16,39-41H,7-12H2,1-4H3,(H3,36,37)(H,38,47)(H,42,46)(H,43,49)(H,44,48). The quantitative estimate of drug-likeness (QED) is 0.0449. The Bertz CT molecular complexity index is 1890. The average Bonchev–Trinajstić information content (AvgIpc) is 3.76. The van der Waals surface area contributed by atoms with Gasteiger partial charge in [-0.25, -0.2) is 0 Å². The molecule has 0 aliphatic carbocycles. The Kier molecular flexibility index (Phi) is 12.6. The Morgan fingerprint density at radius 3 is 1.68 bits per heavy atom. The number of halogens is 2. The number of ether oxygens (including phenoxy) is 1. The summed E-state index contributed by atoms with van der Waals surface area (Å²) in [4.78, 5) is 62.8. The average molecular weight is 728 g/mol. The number of benzene rings is 1. The Morgan fingerprint density at radius 1 is 0.780 bits per heavy atom. The van der Waals surface area contributed by atoms with Crippen molar-refractivity contribution in [2.45, 2.75) is 27.2 Å². The zero-order valence-electron chi connectivity index (χ0n) is 28.0. The summed E-state index contributed by atoms with van der Waals surface area (Å²) >= 11 is 11.9. The minimum absolute atomic E-state index is 0.0378. The third kappa shape index (κ3) is 8.59. The van der Waals surface area contributed by atoms with Gasteiger partial charge >= 0.3 is 0 Å². The maximum absolute atomic E-state index is 13.3. The molecule has 1 aromatic carbocycles. The van der Waals surface area contributed by atoms with Crippen LogP contribution in [0.3, 0.4) is 0 Å². The van der Waals surface area contributed by atoms with Gasteiger partial charge in [0, 0.05) is 84.8 Å². The van der Waals surface area contributed by atoms with Gasteiger partial charge < -0.3 is 51.6 Å². The number of carbonyl (C=O) groups excluding carboxylic acids is 4. The van der Waals surface area contributed by atoms with Crippen LogP contribution in [0.1, 0.15) is 64.9 Å². The van der Waals surface area contributed by atoms with E-state index in [0.717, 1.165) is 5.69 Å². The second-order valence-electron chi connectivity index (χ2n) is 11.3. The fraction of sp³-hybridized carbons (Fsp3) is 0.303. The molecule has 0 saturated heterocycles. The van der Waals surface area contributed by atoms with Crippen molar-refractivity contribution in [3.05, 3.63) is 76.1 Å². The molecule has 3 aromatic heterocycles. The van der Waals surface area contributed by atoms with E-state index in [0.29, 0.717) is 69.9 Å². The number of nitrogens with zero attached hydrogens (tertiary/aromatic N) is 1. The molecule has 0 aliphatic rings. The van der Waals surface area contributed by atoms with Gasteiger partial charge in [-0.2, -0.15) is 0 Å². The first kappa shape index (κ1) is 37.4. The summed E-state index contributed by atoms with van der Waals surface area (Å²) in [5.74, 6) is -0.649. The number of alkyl halides is 2. The first-order valence-electron chi connectivity index (χ1n) is 15.5. The monoisotopic (exact) mass is 726 g/mol. The Hall–Kier alpha value is -5.41. The molecule has 0 aliphatic heterocycles. The fourth-order valence-corrected chi connectivity index (χ4v) is 5.59. The van der Waals surface area contributed by atoms with E-state index >= 15 is 0 Å². The van der Waals surface area contributed by atoms with Gasteiger partial charge in [0.15, 0.2) is 0 Å². The van der Waals surface area contributed by atoms with Crippen molar-refractivity contribution in [3.63, 3.8) is 0 Å². The minimum Gasteiger partial charge on any atom is -0.496 e. The number of amidine groups is 1. The van der Waals surface area contributed by atoms with Gasteiger partial charge in [0.25, 0.3) is 23.6 Å². The molecular weight excluding hydrogens is 687 g/mol. The number of nitrogens with one attached hydrogen (secondary N) is 8. The Labute approximate surface area is 298 Å². The SMILES string of the molecule is COc1cc(N(CCCl)CCCl)ccc1C(=O)Nc1c[nH]c(C(=O)Nc2c[nH]c(C(=O)Nc3c[nH]c(C(=O)NCCC(=N)N)c3C)c2C)c1C. The second kappa shape index (κ2) is 16.8. The highest BCUT2D eigenvalue weighted by molar-refractivity contribution is 6.18. The number of H-pyrrole nitrogens is 3. The van der Waals surface area contributed by atoms with Crippen molar-refractivity contribution < 1.29 is 23.9 Å². The van der Waals surface area contributed by atoms with Gasteiger partial charge in [-0.3, -0.25) is 24.6 Å². The predicted molar refractivity (Wildman–Crippen MR) is 196 cm³/mol. The van der Waals surface area contributed by atoms with Crippen molar-refractivity contribution in [3.8, 4) is 5.75 Å². The lowest BCUT2D eigenvalue weighted by molar-refractivity contribution is 0.0947. The van der Waals surface area contributed by atoms with Gasteiger partial charge in [0.1, 0.15) is 22.8 Å². The molecule has 0 unspecified atom stereocenters. The third-order valence-corrected chi connectivity index (χ3v) is 8.37. The molecule has 17 heteroatoms. The molecule has 0 spiro atoms. The lowest BCUT2D eigenvalue weighted by Gasteiger charge is -2.24. The van der Waals surface area contributed by atoms with Gasteiger partial charge in [-0.05, 0) is 32.9 Å². The fourth-order valence-electron chi connectivity index (χ4n) is 5.18. The van der Waals surface area contributed by atoms with Crippen LogP contribution in [0.4, 0.5) is 22.7 Å². The molecule has 0 atom stereocenters. The van der Waals surface area contributed by atoms with E-state index in [9.17, 15) is 19.2 Å². The van der Waals surface area contributed by atoms with Gasteiger partial charge in [0.05, 0.1) is 35.6 Å². The largest absolute Gasteiger partial charge is 0.496 e. The lowest BCUT2D eigenvalue weighted by atomic mass is 10.1. The zero-order valence-corrected chi connectivity index (χ0v) is 29.5. The molecule has 15 nitrogen and oxygen atoms in total. The van der Waals surface area contributed by atoms with E-state index in [1.807, 2.05) is 4.90 Å². The number of amides is 4. The number of hydrogen-bond acceptors (Lipinski definition) is 7. The van der Waals surface area contributed by atoms with E-state index < -0.39 is 23.6 Å². The summed E-state index contributed by atoms with van der Waals surface area (Å²) in [5, 5.41) is 18.3. The van der Waals surface area contributed by atoms with Crippen LogP contribution in [0.25, 0.3) is 0 Å². The van der Waals surface area contributed by atoms with Crippen molar-refractivity contribution in [2.24, 2.45) is 5.73 Å². The summed E-state index contributed by atoms with van der Waals surface area (Å²) in [5.41, 5.74) is 9.80. The molecule has 0 bridgehead atoms. The first-order valence-corrected chi connectivity index (χ1v) is 16.6. The number of anilines is 4. The van der Waals surface area contributed by atoms with Crippen LogP contribution in [-0.2, 0) is 0 Å². The smallest absolute Gasteiger partial charge is 0.272 e. The second-order valence-corrected chi connectivity index (χ2v) is 12.0. The van der Waals surface area contributed by atoms with Crippen LogP contribution in [0.15, 0.2) is 36.8 Å². The summed E-state index contributed by atoms with van der Waals surface area (Å²) in [6, 6.07) is 5.20. The van der Waals surface area contributed by atoms with Crippen molar-refractivity contribution in [2.75, 3.05) is 59.4 Å². The molecule has 266 valence electrons. The van der Waals surface area contributed by atoms with Gasteiger partial charge in [-0.1, -0.05) is 0 Å². The van der Waals surface area contributed by atoms with Crippen LogP contribution < -0.4 is 36.6 Å². The number of aromatic nitrogens is 3. The molecule has 10 N–H and O–H groups in total. The number of hydrogen-bond donors (Lipinski definition) is 9. The highest BCUT2D eigenvalue weighted by atomic mass is 35.5. The van der Waals surface area contributed by atoms with Crippen LogP contribution in [0.5, 0.6) is 5.75 Å². The molecule has 0 fully saturated rings. The van der Waals surface area contributed by atoms with Gasteiger partial charge in [-0.15, -0.1) is 23.2 Å². The molecular formula is C33H40Cl2N10O5. The summed E-state index contributed by atoms with van der Waals surface area (Å²) in [7, 11) is 1.48. The van der Waals surface area contributed by atoms with Crippen molar-refractivity contribution >= 4 is 75.4 Å². The predicted octanol–water partition coefficient (Wildman–Crippen LogP) is 4.70. The third-order valence-electron chi connectivity index (χ3n) is 8.03. The lowest BCUT2D eigenvalue weighted by Crippen LogP contribution is -2.28. The molecule has 0 radical (unpaired) electrons. The topological polar surface area (TPSA) is 226 Å². The van der Waals surface area contributed by atoms with Crippen LogP contribution in [0, 0.1) is 26.2 Å². The highest BCUT2D eigenvalue weighted by Gasteiger charge is 2.23. The maximum Gasteiger partial charge on any atom is 0.272 e. The molecule has 50 heavy (non-hydrogen) atoms. The summed E-state index contributed by atoms with van der Waals surface area (Å²) in [6.45, 7) is 6.41. The normalized spacial score (nSPS) is 10.8. The van der Waals surface area contributed by atoms with Crippen LogP contribution >= 0.6 is 23.2 Å². The Balaban J connectivity index is 1.41. The first-order chi connectivity index (χ1) is 23.9. The van der Waals surface area contributed by atoms with Gasteiger partial charge in [0.2, 0.25) is 0 Å². The summed E-state index contributed by atoms with van der Waals surface area (Å²) < 4.78 is 5.51. The van der Waals surface area contributed by atoms with Crippen LogP contribution in [-0.4, -0.2) is 82.9 Å². The maximum atomic E-state index is 13.3. The molecule has 3 heterocycles. The van der Waals surface area contributed by atoms with E-state index in [1.54, 1.807) is 39.0 Å². The number of aromatic amines is 3. The van der Waals surface area contributed by atoms with Crippen LogP contribution in [0.2, 0.25) is 0 Å². The summed E-state index contributed by atoms with van der Waals surface area (Å²) in [6.07, 6.45) is 4.74. The number of nitrogens with two attached hydrogens (primary N) is 1. The molecule has 4 amide bonds. The minimum atomic E-state index is -0.487. The number of carbonyl (C=O) groups is 4. The van der Waals surface area contributed by atoms with E-state index in [4.69, 9.17) is 39.1 Å². The van der Waals surface area contributed by atoms with Crippen molar-refractivity contribution in [1.82, 2.24) is 20.3 Å². The van der Waals surface area contributed by atoms with E-state index in [2.05, 4.69) is 36.2 Å². The molecule has 4 aromatic rings. The van der Waals surface area contributed by atoms with E-state index in [1.165, 1.54) is 25.7 Å². The molecule has 0 saturated carbocycles. The number of methoxy groups -OCH3 is 1. The molecule has 4 rings (SSSR count). The Morgan fingerprint density at radius 2 is 1.24 bits per heavy atom.